The number of hydrogen-bond donors (Lipinski definition) is 1. The first-order valence-electron chi connectivity index (χ1n) is 8.72. The van der Waals surface area contributed by atoms with Crippen LogP contribution in [0.5, 0.6) is 5.75 Å². The molecule has 26 heavy (non-hydrogen) atoms. The molecule has 3 heterocycles. The number of nitrogens with one attached hydrogen (secondary N) is 1. The van der Waals surface area contributed by atoms with Gasteiger partial charge in [-0.15, -0.1) is 0 Å². The van der Waals surface area contributed by atoms with Gasteiger partial charge in [0.25, 0.3) is 0 Å². The molecule has 0 aromatic carbocycles. The average Bonchev–Trinajstić information content (AvgIpc) is 2.61. The topological polar surface area (TPSA) is 76.6 Å². The largest absolute Gasteiger partial charge is 0.490 e. The summed E-state index contributed by atoms with van der Waals surface area (Å²) in [6, 6.07) is 8.14. The Labute approximate surface area is 153 Å². The molecule has 0 saturated carbocycles. The van der Waals surface area contributed by atoms with Crippen molar-refractivity contribution in [1.82, 2.24) is 20.2 Å². The predicted octanol–water partition coefficient (Wildman–Crippen LogP) is 1.39. The van der Waals surface area contributed by atoms with Gasteiger partial charge in [-0.1, -0.05) is 6.07 Å². The van der Waals surface area contributed by atoms with Gasteiger partial charge in [0.15, 0.2) is 0 Å². The lowest BCUT2D eigenvalue weighted by Gasteiger charge is -2.27. The van der Waals surface area contributed by atoms with Crippen molar-refractivity contribution in [1.29, 1.82) is 0 Å². The first-order chi connectivity index (χ1) is 12.7. The minimum absolute atomic E-state index is 0.185. The van der Waals surface area contributed by atoms with Crippen molar-refractivity contribution in [3.8, 4) is 5.75 Å². The zero-order valence-electron chi connectivity index (χ0n) is 14.9. The fraction of sp³-hybridized carbons (Fsp3) is 0.421. The molecule has 0 spiro atoms. The van der Waals surface area contributed by atoms with Crippen molar-refractivity contribution in [3.05, 3.63) is 54.1 Å². The maximum Gasteiger partial charge on any atom is 0.319 e. The molecule has 7 nitrogen and oxygen atoms in total. The molecular formula is C19H24N4O3. The Morgan fingerprint density at radius 1 is 1.35 bits per heavy atom. The van der Waals surface area contributed by atoms with Gasteiger partial charge < -0.3 is 14.8 Å². The van der Waals surface area contributed by atoms with E-state index in [-0.39, 0.29) is 12.5 Å². The molecule has 0 amide bonds. The summed E-state index contributed by atoms with van der Waals surface area (Å²) >= 11 is 0. The Morgan fingerprint density at radius 2 is 2.23 bits per heavy atom. The molecule has 1 atom stereocenters. The monoisotopic (exact) mass is 356 g/mol. The van der Waals surface area contributed by atoms with Gasteiger partial charge in [0, 0.05) is 31.5 Å². The van der Waals surface area contributed by atoms with Crippen LogP contribution < -0.4 is 10.1 Å². The number of carbonyl (C=O) groups is 1. The third-order valence-corrected chi connectivity index (χ3v) is 4.25. The second-order valence-electron chi connectivity index (χ2n) is 6.32. The average molecular weight is 356 g/mol. The van der Waals surface area contributed by atoms with Crippen LogP contribution in [0.3, 0.4) is 0 Å². The first kappa shape index (κ1) is 18.3. The highest BCUT2D eigenvalue weighted by Gasteiger charge is 2.17. The van der Waals surface area contributed by atoms with E-state index in [0.717, 1.165) is 30.0 Å². The van der Waals surface area contributed by atoms with Gasteiger partial charge in [0.1, 0.15) is 12.4 Å². The first-order valence-corrected chi connectivity index (χ1v) is 8.72. The molecule has 1 saturated heterocycles. The zero-order chi connectivity index (χ0) is 18.2. The molecule has 1 aliphatic rings. The zero-order valence-corrected chi connectivity index (χ0v) is 14.9. The molecule has 1 aliphatic heterocycles. The van der Waals surface area contributed by atoms with Crippen LogP contribution in [0.4, 0.5) is 0 Å². The Balaban J connectivity index is 1.63. The van der Waals surface area contributed by atoms with Gasteiger partial charge in [-0.2, -0.15) is 0 Å². The van der Waals surface area contributed by atoms with E-state index < -0.39 is 0 Å². The molecule has 3 rings (SSSR count). The lowest BCUT2D eigenvalue weighted by atomic mass is 10.1. The van der Waals surface area contributed by atoms with Gasteiger partial charge in [0.2, 0.25) is 0 Å². The molecular weight excluding hydrogens is 332 g/mol. The molecule has 1 fully saturated rings. The SMILES string of the molecule is COC(=O)CN(Cc1cncc(OC[C@@H]2CCN2)c1)Cc1ccccn1. The Hall–Kier alpha value is -2.51. The highest BCUT2D eigenvalue weighted by Crippen LogP contribution is 2.15. The second kappa shape index (κ2) is 9.26. The third kappa shape index (κ3) is 5.50. The summed E-state index contributed by atoms with van der Waals surface area (Å²) in [7, 11) is 1.39. The van der Waals surface area contributed by atoms with Gasteiger partial charge in [0.05, 0.1) is 25.5 Å². The van der Waals surface area contributed by atoms with Crippen LogP contribution in [0.2, 0.25) is 0 Å². The fourth-order valence-electron chi connectivity index (χ4n) is 2.71. The number of esters is 1. The number of rotatable bonds is 9. The number of pyridine rings is 2. The number of ether oxygens (including phenoxy) is 2. The number of nitrogens with zero attached hydrogens (tertiary/aromatic N) is 3. The molecule has 0 bridgehead atoms. The maximum atomic E-state index is 11.8. The van der Waals surface area contributed by atoms with E-state index in [2.05, 4.69) is 15.3 Å². The molecule has 7 heteroatoms. The van der Waals surface area contributed by atoms with E-state index in [9.17, 15) is 4.79 Å². The van der Waals surface area contributed by atoms with E-state index in [1.807, 2.05) is 29.2 Å². The van der Waals surface area contributed by atoms with Crippen LogP contribution >= 0.6 is 0 Å². The Bertz CT molecular complexity index is 707. The molecule has 138 valence electrons. The van der Waals surface area contributed by atoms with E-state index >= 15 is 0 Å². The third-order valence-electron chi connectivity index (χ3n) is 4.25. The van der Waals surface area contributed by atoms with Crippen molar-refractivity contribution >= 4 is 5.97 Å². The van der Waals surface area contributed by atoms with Crippen LogP contribution in [0, 0.1) is 0 Å². The lowest BCUT2D eigenvalue weighted by molar-refractivity contribution is -0.142. The molecule has 0 unspecified atom stereocenters. The molecule has 0 aliphatic carbocycles. The molecule has 0 radical (unpaired) electrons. The highest BCUT2D eigenvalue weighted by molar-refractivity contribution is 5.71. The fourth-order valence-corrected chi connectivity index (χ4v) is 2.71. The summed E-state index contributed by atoms with van der Waals surface area (Å²) in [5.74, 6) is 0.462. The lowest BCUT2D eigenvalue weighted by Crippen LogP contribution is -2.46. The summed E-state index contributed by atoms with van der Waals surface area (Å²) in [5, 5.41) is 3.31. The summed E-state index contributed by atoms with van der Waals surface area (Å²) in [4.78, 5) is 22.3. The van der Waals surface area contributed by atoms with Crippen LogP contribution in [0.25, 0.3) is 0 Å². The van der Waals surface area contributed by atoms with E-state index in [1.54, 1.807) is 18.6 Å². The van der Waals surface area contributed by atoms with Crippen molar-refractivity contribution < 1.29 is 14.3 Å². The van der Waals surface area contributed by atoms with Crippen molar-refractivity contribution in [2.75, 3.05) is 26.8 Å². The Kier molecular flexibility index (Phi) is 6.51. The predicted molar refractivity (Wildman–Crippen MR) is 96.5 cm³/mol. The minimum Gasteiger partial charge on any atom is -0.490 e. The summed E-state index contributed by atoms with van der Waals surface area (Å²) in [6.45, 7) is 2.99. The molecule has 2 aromatic heterocycles. The van der Waals surface area contributed by atoms with Crippen LogP contribution in [-0.2, 0) is 22.6 Å². The van der Waals surface area contributed by atoms with Crippen molar-refractivity contribution in [2.45, 2.75) is 25.6 Å². The van der Waals surface area contributed by atoms with Crippen molar-refractivity contribution in [3.63, 3.8) is 0 Å². The van der Waals surface area contributed by atoms with Gasteiger partial charge >= 0.3 is 5.97 Å². The molecule has 2 aromatic rings. The number of aromatic nitrogens is 2. The van der Waals surface area contributed by atoms with E-state index in [4.69, 9.17) is 9.47 Å². The van der Waals surface area contributed by atoms with Crippen molar-refractivity contribution in [2.24, 2.45) is 0 Å². The second-order valence-corrected chi connectivity index (χ2v) is 6.32. The van der Waals surface area contributed by atoms with Gasteiger partial charge in [-0.05, 0) is 36.7 Å². The standard InChI is InChI=1S/C19H24N4O3/c1-25-19(24)13-23(12-16-4-2-3-6-21-16)11-15-8-18(10-20-9-15)26-14-17-5-7-22-17/h2-4,6,8-10,17,22H,5,7,11-14H2,1H3/t17-/m0/s1. The quantitative estimate of drug-likeness (QED) is 0.681. The highest BCUT2D eigenvalue weighted by atomic mass is 16.5. The maximum absolute atomic E-state index is 11.8. The molecule has 1 N–H and O–H groups in total. The van der Waals surface area contributed by atoms with E-state index in [0.29, 0.717) is 25.7 Å². The van der Waals surface area contributed by atoms with E-state index in [1.165, 1.54) is 7.11 Å². The number of hydrogen-bond acceptors (Lipinski definition) is 7. The summed E-state index contributed by atoms with van der Waals surface area (Å²) in [5.41, 5.74) is 1.87. The smallest absolute Gasteiger partial charge is 0.319 e. The minimum atomic E-state index is -0.280. The normalized spacial score (nSPS) is 16.2. The number of methoxy groups -OCH3 is 1. The van der Waals surface area contributed by atoms with Crippen LogP contribution in [0.1, 0.15) is 17.7 Å². The van der Waals surface area contributed by atoms with Crippen LogP contribution in [0.15, 0.2) is 42.9 Å². The Morgan fingerprint density at radius 3 is 2.92 bits per heavy atom. The van der Waals surface area contributed by atoms with Gasteiger partial charge in [-0.25, -0.2) is 0 Å². The van der Waals surface area contributed by atoms with Crippen LogP contribution in [-0.4, -0.2) is 53.7 Å². The summed E-state index contributed by atoms with van der Waals surface area (Å²) in [6.07, 6.45) is 6.39. The summed E-state index contributed by atoms with van der Waals surface area (Å²) < 4.78 is 10.6. The van der Waals surface area contributed by atoms with Gasteiger partial charge in [-0.3, -0.25) is 19.7 Å². The number of carbonyl (C=O) groups excluding carboxylic acids is 1.